The van der Waals surface area contributed by atoms with Crippen molar-refractivity contribution in [1.82, 2.24) is 19.8 Å². The second-order valence-corrected chi connectivity index (χ2v) is 12.0. The summed E-state index contributed by atoms with van der Waals surface area (Å²) in [6.45, 7) is 5.20. The zero-order chi connectivity index (χ0) is 33.5. The first kappa shape index (κ1) is 33.0. The van der Waals surface area contributed by atoms with Gasteiger partial charge in [-0.15, -0.1) is 0 Å². The first-order chi connectivity index (χ1) is 21.7. The number of aryl methyl sites for hydroxylation is 1. The summed E-state index contributed by atoms with van der Waals surface area (Å²) >= 11 is 12.2. The summed E-state index contributed by atoms with van der Waals surface area (Å²) in [7, 11) is 1.51. The molecule has 2 amide bonds. The van der Waals surface area contributed by atoms with Crippen LogP contribution in [0.1, 0.15) is 68.6 Å². The molecule has 0 aliphatic carbocycles. The van der Waals surface area contributed by atoms with E-state index in [1.54, 1.807) is 55.1 Å². The van der Waals surface area contributed by atoms with Gasteiger partial charge in [-0.05, 0) is 92.9 Å². The molecule has 2 heterocycles. The van der Waals surface area contributed by atoms with Crippen LogP contribution >= 0.6 is 23.2 Å². The summed E-state index contributed by atoms with van der Waals surface area (Å²) in [5.41, 5.74) is 1.80. The average Bonchev–Trinajstić information content (AvgIpc) is 3.01. The first-order valence-electron chi connectivity index (χ1n) is 14.4. The highest BCUT2D eigenvalue weighted by atomic mass is 35.5. The van der Waals surface area contributed by atoms with E-state index in [0.717, 1.165) is 12.1 Å². The van der Waals surface area contributed by atoms with Crippen molar-refractivity contribution in [3.05, 3.63) is 120 Å². The molecule has 2 N–H and O–H groups in total. The van der Waals surface area contributed by atoms with Gasteiger partial charge in [0.15, 0.2) is 0 Å². The molecule has 4 aromatic rings. The van der Waals surface area contributed by atoms with Gasteiger partial charge in [0.25, 0.3) is 17.4 Å². The maximum atomic E-state index is 14.2. The Morgan fingerprint density at radius 3 is 2.28 bits per heavy atom. The number of carbonyl (C=O) groups excluding carboxylic acids is 2. The molecule has 2 atom stereocenters. The van der Waals surface area contributed by atoms with Crippen LogP contribution in [0.5, 0.6) is 0 Å². The summed E-state index contributed by atoms with van der Waals surface area (Å²) in [5.74, 6) is -0.483. The normalized spacial score (nSPS) is 15.2. The summed E-state index contributed by atoms with van der Waals surface area (Å²) in [6, 6.07) is 13.6. The molecule has 0 saturated heterocycles. The summed E-state index contributed by atoms with van der Waals surface area (Å²) in [4.78, 5) is 46.3. The van der Waals surface area contributed by atoms with Crippen LogP contribution in [0.2, 0.25) is 10.0 Å². The van der Waals surface area contributed by atoms with E-state index < -0.39 is 17.8 Å². The van der Waals surface area contributed by atoms with E-state index in [2.05, 4.69) is 10.6 Å². The van der Waals surface area contributed by atoms with E-state index >= 15 is 0 Å². The van der Waals surface area contributed by atoms with Crippen LogP contribution in [0.15, 0.2) is 65.5 Å². The SMILES string of the molecule is CNC(=O)c1ccc(-n2c(N[C@@H](C)c3ccc(C(F)(F)F)cc3C)nc3c(c2=O)C[C@@H](C)N(C(=O)c2ccc(Cl)c(Cl)c2)C3)cc1. The largest absolute Gasteiger partial charge is 0.416 e. The zero-order valence-corrected chi connectivity index (χ0v) is 26.8. The van der Waals surface area contributed by atoms with Crippen LogP contribution in [-0.2, 0) is 19.1 Å². The minimum Gasteiger partial charge on any atom is -0.355 e. The standard InChI is InChI=1S/C33H30Cl2F3N5O3/c1-17-13-22(33(36,37)38)8-11-24(17)19(3)40-32-41-28-16-42(30(45)21-7-12-26(34)27(35)15-21)18(2)14-25(28)31(46)43(32)23-9-5-20(6-10-23)29(44)39-4/h5-13,15,18-19H,14,16H2,1-4H3,(H,39,44)(H,40,41)/t18-,19+/m1/s1. The number of halogens is 5. The third-order valence-electron chi connectivity index (χ3n) is 8.07. The molecule has 0 unspecified atom stereocenters. The van der Waals surface area contributed by atoms with E-state index in [0.29, 0.717) is 44.2 Å². The van der Waals surface area contributed by atoms with Gasteiger partial charge in [-0.1, -0.05) is 29.3 Å². The van der Waals surface area contributed by atoms with E-state index in [4.69, 9.17) is 28.2 Å². The van der Waals surface area contributed by atoms with Crippen molar-refractivity contribution in [2.45, 2.75) is 52.0 Å². The number of hydrogen-bond donors (Lipinski definition) is 2. The molecule has 46 heavy (non-hydrogen) atoms. The number of amides is 2. The number of hydrogen-bond acceptors (Lipinski definition) is 5. The van der Waals surface area contributed by atoms with Crippen LogP contribution < -0.4 is 16.2 Å². The molecule has 3 aromatic carbocycles. The Labute approximate surface area is 273 Å². The topological polar surface area (TPSA) is 96.3 Å². The number of carbonyl (C=O) groups is 2. The van der Waals surface area contributed by atoms with Crippen molar-refractivity contribution >= 4 is 41.0 Å². The van der Waals surface area contributed by atoms with Crippen LogP contribution in [-0.4, -0.2) is 39.4 Å². The van der Waals surface area contributed by atoms with Gasteiger partial charge in [-0.25, -0.2) is 9.55 Å². The Morgan fingerprint density at radius 2 is 1.67 bits per heavy atom. The van der Waals surface area contributed by atoms with E-state index in [1.165, 1.54) is 23.7 Å². The number of alkyl halides is 3. The van der Waals surface area contributed by atoms with Crippen molar-refractivity contribution in [3.8, 4) is 5.69 Å². The maximum Gasteiger partial charge on any atom is 0.416 e. The molecule has 1 aromatic heterocycles. The van der Waals surface area contributed by atoms with Gasteiger partial charge < -0.3 is 15.5 Å². The minimum absolute atomic E-state index is 0.0314. The second-order valence-electron chi connectivity index (χ2n) is 11.2. The molecule has 1 aliphatic rings. The highest BCUT2D eigenvalue weighted by Gasteiger charge is 2.33. The van der Waals surface area contributed by atoms with Crippen LogP contribution in [0.4, 0.5) is 19.1 Å². The monoisotopic (exact) mass is 671 g/mol. The Morgan fingerprint density at radius 1 is 1.00 bits per heavy atom. The smallest absolute Gasteiger partial charge is 0.355 e. The zero-order valence-electron chi connectivity index (χ0n) is 25.3. The molecule has 0 bridgehead atoms. The average molecular weight is 673 g/mol. The van der Waals surface area contributed by atoms with Crippen molar-refractivity contribution in [2.24, 2.45) is 0 Å². The number of rotatable bonds is 6. The lowest BCUT2D eigenvalue weighted by molar-refractivity contribution is -0.137. The van der Waals surface area contributed by atoms with E-state index in [9.17, 15) is 27.6 Å². The summed E-state index contributed by atoms with van der Waals surface area (Å²) in [5, 5.41) is 6.32. The van der Waals surface area contributed by atoms with Gasteiger partial charge in [-0.3, -0.25) is 14.4 Å². The fourth-order valence-electron chi connectivity index (χ4n) is 5.58. The molecule has 240 valence electrons. The Hall–Kier alpha value is -4.35. The van der Waals surface area contributed by atoms with Gasteiger partial charge in [0.1, 0.15) is 0 Å². The quantitative estimate of drug-likeness (QED) is 0.230. The molecule has 8 nitrogen and oxygen atoms in total. The number of benzene rings is 3. The third kappa shape index (κ3) is 6.47. The molecule has 5 rings (SSSR count). The van der Waals surface area contributed by atoms with E-state index in [-0.39, 0.29) is 47.4 Å². The van der Waals surface area contributed by atoms with Gasteiger partial charge in [0, 0.05) is 29.8 Å². The lowest BCUT2D eigenvalue weighted by atomic mass is 9.98. The van der Waals surface area contributed by atoms with E-state index in [1.807, 2.05) is 6.92 Å². The second kappa shape index (κ2) is 12.8. The van der Waals surface area contributed by atoms with Crippen molar-refractivity contribution in [2.75, 3.05) is 12.4 Å². The number of nitrogens with one attached hydrogen (secondary N) is 2. The molecule has 0 spiro atoms. The molecular formula is C33H30Cl2F3N5O3. The van der Waals surface area contributed by atoms with Gasteiger partial charge in [0.05, 0.1) is 39.6 Å². The Kier molecular flexibility index (Phi) is 9.19. The number of fused-ring (bicyclic) bond motifs is 1. The van der Waals surface area contributed by atoms with Crippen molar-refractivity contribution in [1.29, 1.82) is 0 Å². The van der Waals surface area contributed by atoms with Crippen LogP contribution in [0.25, 0.3) is 5.69 Å². The lowest BCUT2D eigenvalue weighted by Gasteiger charge is -2.35. The molecule has 0 radical (unpaired) electrons. The third-order valence-corrected chi connectivity index (χ3v) is 8.80. The maximum absolute atomic E-state index is 14.2. The van der Waals surface area contributed by atoms with Crippen molar-refractivity contribution in [3.63, 3.8) is 0 Å². The fraction of sp³-hybridized carbons (Fsp3) is 0.273. The number of nitrogens with zero attached hydrogens (tertiary/aromatic N) is 3. The Bertz CT molecular complexity index is 1890. The summed E-state index contributed by atoms with van der Waals surface area (Å²) < 4.78 is 41.4. The molecule has 0 saturated carbocycles. The van der Waals surface area contributed by atoms with Crippen molar-refractivity contribution < 1.29 is 22.8 Å². The number of anilines is 1. The van der Waals surface area contributed by atoms with Gasteiger partial charge in [0.2, 0.25) is 5.95 Å². The van der Waals surface area contributed by atoms with Gasteiger partial charge >= 0.3 is 6.18 Å². The molecular weight excluding hydrogens is 642 g/mol. The lowest BCUT2D eigenvalue weighted by Crippen LogP contribution is -2.46. The molecule has 13 heteroatoms. The van der Waals surface area contributed by atoms with Crippen LogP contribution in [0, 0.1) is 6.92 Å². The predicted molar refractivity (Wildman–Crippen MR) is 171 cm³/mol. The molecule has 0 fully saturated rings. The Balaban J connectivity index is 1.58. The highest BCUT2D eigenvalue weighted by Crippen LogP contribution is 2.33. The molecule has 1 aliphatic heterocycles. The van der Waals surface area contributed by atoms with Gasteiger partial charge in [-0.2, -0.15) is 13.2 Å². The highest BCUT2D eigenvalue weighted by molar-refractivity contribution is 6.42. The van der Waals surface area contributed by atoms with Crippen LogP contribution in [0.3, 0.4) is 0 Å². The fourth-order valence-corrected chi connectivity index (χ4v) is 5.88. The number of aromatic nitrogens is 2. The predicted octanol–water partition coefficient (Wildman–Crippen LogP) is 6.99. The summed E-state index contributed by atoms with van der Waals surface area (Å²) in [6.07, 6.45) is -4.27. The first-order valence-corrected chi connectivity index (χ1v) is 15.1. The minimum atomic E-state index is -4.49.